The SMILES string of the molecule is COc1ccc(CCC(Cc2ccco2)NN)cc1. The minimum atomic E-state index is 0.216. The fourth-order valence-corrected chi connectivity index (χ4v) is 2.05. The van der Waals surface area contributed by atoms with Gasteiger partial charge in [0.15, 0.2) is 0 Å². The summed E-state index contributed by atoms with van der Waals surface area (Å²) in [7, 11) is 1.67. The number of hydrazine groups is 1. The van der Waals surface area contributed by atoms with E-state index in [0.717, 1.165) is 30.8 Å². The van der Waals surface area contributed by atoms with Crippen molar-refractivity contribution in [3.05, 3.63) is 54.0 Å². The largest absolute Gasteiger partial charge is 0.497 e. The second kappa shape index (κ2) is 6.97. The molecule has 0 saturated carbocycles. The van der Waals surface area contributed by atoms with Gasteiger partial charge in [-0.1, -0.05) is 12.1 Å². The number of hydrogen-bond acceptors (Lipinski definition) is 4. The van der Waals surface area contributed by atoms with Gasteiger partial charge < -0.3 is 9.15 Å². The molecule has 0 fully saturated rings. The van der Waals surface area contributed by atoms with Crippen LogP contribution in [0, 0.1) is 0 Å². The Morgan fingerprint density at radius 2 is 2.05 bits per heavy atom. The van der Waals surface area contributed by atoms with Gasteiger partial charge in [0.05, 0.1) is 13.4 Å². The molecular weight excluding hydrogens is 240 g/mol. The van der Waals surface area contributed by atoms with Gasteiger partial charge in [0, 0.05) is 12.5 Å². The van der Waals surface area contributed by atoms with Crippen LogP contribution in [-0.4, -0.2) is 13.2 Å². The maximum absolute atomic E-state index is 5.59. The molecule has 1 heterocycles. The first-order valence-electron chi connectivity index (χ1n) is 6.43. The molecule has 0 aliphatic carbocycles. The number of ether oxygens (including phenoxy) is 1. The Hall–Kier alpha value is -1.78. The van der Waals surface area contributed by atoms with Crippen molar-refractivity contribution >= 4 is 0 Å². The van der Waals surface area contributed by atoms with Gasteiger partial charge in [-0.2, -0.15) is 0 Å². The van der Waals surface area contributed by atoms with Gasteiger partial charge in [-0.25, -0.2) is 0 Å². The third-order valence-corrected chi connectivity index (χ3v) is 3.20. The quantitative estimate of drug-likeness (QED) is 0.592. The van der Waals surface area contributed by atoms with Crippen LogP contribution in [0.4, 0.5) is 0 Å². The molecule has 1 aromatic heterocycles. The predicted molar refractivity (Wildman–Crippen MR) is 74.8 cm³/mol. The van der Waals surface area contributed by atoms with E-state index in [1.165, 1.54) is 5.56 Å². The molecular formula is C15H20N2O2. The Balaban J connectivity index is 1.84. The first-order valence-corrected chi connectivity index (χ1v) is 6.43. The Bertz CT molecular complexity index is 465. The lowest BCUT2D eigenvalue weighted by Crippen LogP contribution is -2.37. The van der Waals surface area contributed by atoms with Crippen LogP contribution in [0.25, 0.3) is 0 Å². The zero-order chi connectivity index (χ0) is 13.5. The third kappa shape index (κ3) is 4.12. The van der Waals surface area contributed by atoms with E-state index in [4.69, 9.17) is 15.0 Å². The summed E-state index contributed by atoms with van der Waals surface area (Å²) in [6, 6.07) is 12.2. The molecule has 3 N–H and O–H groups in total. The molecule has 0 radical (unpaired) electrons. The van der Waals surface area contributed by atoms with Crippen LogP contribution in [-0.2, 0) is 12.8 Å². The van der Waals surface area contributed by atoms with Crippen LogP contribution in [0.5, 0.6) is 5.75 Å². The highest BCUT2D eigenvalue weighted by Gasteiger charge is 2.09. The molecule has 0 amide bonds. The summed E-state index contributed by atoms with van der Waals surface area (Å²) in [5, 5.41) is 0. The fraction of sp³-hybridized carbons (Fsp3) is 0.333. The molecule has 102 valence electrons. The van der Waals surface area contributed by atoms with Crippen molar-refractivity contribution in [2.45, 2.75) is 25.3 Å². The van der Waals surface area contributed by atoms with Gasteiger partial charge in [0.2, 0.25) is 0 Å². The zero-order valence-electron chi connectivity index (χ0n) is 11.1. The normalized spacial score (nSPS) is 12.3. The van der Waals surface area contributed by atoms with E-state index in [2.05, 4.69) is 17.6 Å². The molecule has 0 saturated heterocycles. The minimum Gasteiger partial charge on any atom is -0.497 e. The number of hydrogen-bond donors (Lipinski definition) is 2. The Kier molecular flexibility index (Phi) is 5.01. The van der Waals surface area contributed by atoms with Crippen molar-refractivity contribution in [3.8, 4) is 5.75 Å². The van der Waals surface area contributed by atoms with Crippen LogP contribution in [0.15, 0.2) is 47.1 Å². The third-order valence-electron chi connectivity index (χ3n) is 3.20. The summed E-state index contributed by atoms with van der Waals surface area (Å²) >= 11 is 0. The van der Waals surface area contributed by atoms with Crippen molar-refractivity contribution in [2.75, 3.05) is 7.11 Å². The van der Waals surface area contributed by atoms with Crippen LogP contribution < -0.4 is 16.0 Å². The van der Waals surface area contributed by atoms with Gasteiger partial charge in [-0.3, -0.25) is 11.3 Å². The molecule has 2 rings (SSSR count). The maximum atomic E-state index is 5.59. The average molecular weight is 260 g/mol. The second-order valence-electron chi connectivity index (χ2n) is 4.53. The Morgan fingerprint density at radius 1 is 1.26 bits per heavy atom. The molecule has 4 nitrogen and oxygen atoms in total. The van der Waals surface area contributed by atoms with E-state index in [1.807, 2.05) is 24.3 Å². The number of furan rings is 1. The summed E-state index contributed by atoms with van der Waals surface area (Å²) in [5.41, 5.74) is 4.13. The van der Waals surface area contributed by atoms with Gasteiger partial charge in [-0.05, 0) is 42.7 Å². The van der Waals surface area contributed by atoms with Crippen molar-refractivity contribution in [3.63, 3.8) is 0 Å². The molecule has 19 heavy (non-hydrogen) atoms. The van der Waals surface area contributed by atoms with E-state index in [-0.39, 0.29) is 6.04 Å². The minimum absolute atomic E-state index is 0.216. The van der Waals surface area contributed by atoms with Crippen molar-refractivity contribution in [1.29, 1.82) is 0 Å². The summed E-state index contributed by atoms with van der Waals surface area (Å²) in [5.74, 6) is 7.43. The highest BCUT2D eigenvalue weighted by Crippen LogP contribution is 2.14. The Labute approximate surface area is 113 Å². The lowest BCUT2D eigenvalue weighted by Gasteiger charge is -2.14. The standard InChI is InChI=1S/C15H20N2O2/c1-18-14-8-5-12(6-9-14)4-7-13(17-16)11-15-3-2-10-19-15/h2-3,5-6,8-10,13,17H,4,7,11,16H2,1H3. The topological polar surface area (TPSA) is 60.4 Å². The predicted octanol–water partition coefficient (Wildman–Crippen LogP) is 2.30. The maximum Gasteiger partial charge on any atom is 0.118 e. The average Bonchev–Trinajstić information content (AvgIpc) is 2.97. The lowest BCUT2D eigenvalue weighted by atomic mass is 10.0. The molecule has 2 aromatic rings. The molecule has 0 aliphatic heterocycles. The Morgan fingerprint density at radius 3 is 2.63 bits per heavy atom. The molecule has 1 aromatic carbocycles. The molecule has 0 aliphatic rings. The molecule has 0 bridgehead atoms. The van der Waals surface area contributed by atoms with E-state index < -0.39 is 0 Å². The summed E-state index contributed by atoms with van der Waals surface area (Å²) in [4.78, 5) is 0. The number of benzene rings is 1. The van der Waals surface area contributed by atoms with Crippen molar-refractivity contribution in [2.24, 2.45) is 5.84 Å². The van der Waals surface area contributed by atoms with Crippen LogP contribution >= 0.6 is 0 Å². The number of aryl methyl sites for hydroxylation is 1. The number of rotatable bonds is 7. The number of methoxy groups -OCH3 is 1. The van der Waals surface area contributed by atoms with E-state index in [9.17, 15) is 0 Å². The van der Waals surface area contributed by atoms with Gasteiger partial charge in [0.1, 0.15) is 11.5 Å². The van der Waals surface area contributed by atoms with E-state index in [0.29, 0.717) is 0 Å². The molecule has 4 heteroatoms. The summed E-state index contributed by atoms with van der Waals surface area (Å²) in [6.07, 6.45) is 4.43. The molecule has 1 unspecified atom stereocenters. The summed E-state index contributed by atoms with van der Waals surface area (Å²) in [6.45, 7) is 0. The molecule has 1 atom stereocenters. The van der Waals surface area contributed by atoms with Crippen molar-refractivity contribution < 1.29 is 9.15 Å². The zero-order valence-corrected chi connectivity index (χ0v) is 11.1. The smallest absolute Gasteiger partial charge is 0.118 e. The van der Waals surface area contributed by atoms with Gasteiger partial charge in [-0.15, -0.1) is 0 Å². The summed E-state index contributed by atoms with van der Waals surface area (Å²) < 4.78 is 10.5. The highest BCUT2D eigenvalue weighted by molar-refractivity contribution is 5.27. The van der Waals surface area contributed by atoms with E-state index in [1.54, 1.807) is 13.4 Å². The van der Waals surface area contributed by atoms with Crippen LogP contribution in [0.3, 0.4) is 0 Å². The lowest BCUT2D eigenvalue weighted by molar-refractivity contribution is 0.414. The van der Waals surface area contributed by atoms with Gasteiger partial charge >= 0.3 is 0 Å². The fourth-order valence-electron chi connectivity index (χ4n) is 2.05. The van der Waals surface area contributed by atoms with Crippen molar-refractivity contribution in [1.82, 2.24) is 5.43 Å². The first-order chi connectivity index (χ1) is 9.31. The number of nitrogens with two attached hydrogens (primary N) is 1. The van der Waals surface area contributed by atoms with Gasteiger partial charge in [0.25, 0.3) is 0 Å². The monoisotopic (exact) mass is 260 g/mol. The number of nitrogens with one attached hydrogen (secondary N) is 1. The highest BCUT2D eigenvalue weighted by atomic mass is 16.5. The van der Waals surface area contributed by atoms with E-state index >= 15 is 0 Å². The first kappa shape index (κ1) is 13.6. The second-order valence-corrected chi connectivity index (χ2v) is 4.53. The molecule has 0 spiro atoms. The van der Waals surface area contributed by atoms with Crippen LogP contribution in [0.2, 0.25) is 0 Å². The van der Waals surface area contributed by atoms with Crippen LogP contribution in [0.1, 0.15) is 17.7 Å².